The van der Waals surface area contributed by atoms with Gasteiger partial charge in [0.05, 0.1) is 20.2 Å². The van der Waals surface area contributed by atoms with Crippen molar-refractivity contribution in [2.75, 3.05) is 47.5 Å². The second-order valence-electron chi connectivity index (χ2n) is 8.91. The maximum absolute atomic E-state index is 13.4. The van der Waals surface area contributed by atoms with E-state index < -0.39 is 12.2 Å². The number of carbonyl (C=O) groups excluding carboxylic acids is 3. The van der Waals surface area contributed by atoms with E-state index >= 15 is 0 Å². The van der Waals surface area contributed by atoms with Crippen LogP contribution in [0.25, 0.3) is 0 Å². The minimum atomic E-state index is -0.593. The van der Waals surface area contributed by atoms with Gasteiger partial charge in [0.2, 0.25) is 11.8 Å². The third kappa shape index (κ3) is 5.44. The molecule has 0 aliphatic carbocycles. The summed E-state index contributed by atoms with van der Waals surface area (Å²) in [7, 11) is 4.97. The molecule has 3 atom stereocenters. The average molecular weight is 476 g/mol. The van der Waals surface area contributed by atoms with E-state index in [1.165, 1.54) is 0 Å². The number of fused-ring (bicyclic) bond motifs is 1. The number of nitrogens with one attached hydrogen (secondary N) is 1. The lowest BCUT2D eigenvalue weighted by Crippen LogP contribution is -2.76. The van der Waals surface area contributed by atoms with Gasteiger partial charge in [0, 0.05) is 33.9 Å². The van der Waals surface area contributed by atoms with Gasteiger partial charge in [-0.3, -0.25) is 9.59 Å². The number of piperazine rings is 1. The summed E-state index contributed by atoms with van der Waals surface area (Å²) in [6, 6.07) is 6.57. The van der Waals surface area contributed by atoms with Crippen LogP contribution in [0.4, 0.5) is 4.79 Å². The van der Waals surface area contributed by atoms with Crippen LogP contribution >= 0.6 is 0 Å². The number of benzene rings is 1. The summed E-state index contributed by atoms with van der Waals surface area (Å²) in [5.41, 5.74) is 0.930. The predicted molar refractivity (Wildman–Crippen MR) is 127 cm³/mol. The molecule has 0 bridgehead atoms. The van der Waals surface area contributed by atoms with Crippen molar-refractivity contribution in [2.45, 2.75) is 45.4 Å². The summed E-state index contributed by atoms with van der Waals surface area (Å²) in [4.78, 5) is 43.3. The molecule has 2 heterocycles. The van der Waals surface area contributed by atoms with Crippen molar-refractivity contribution < 1.29 is 23.9 Å². The highest BCUT2D eigenvalue weighted by atomic mass is 16.5. The standard InChI is InChI=1S/C24H37N5O5/c1-6-17(2)22-23(31)27(12-7-13-33-4)15-20-28(22)21(30)16-26(3)29(20)24(32)25-14-18-8-10-19(34-5)11-9-18/h8-11,17,20,22H,6-7,12-16H2,1-5H3,(H,25,32). The molecule has 0 radical (unpaired) electrons. The molecule has 3 rings (SSSR count). The number of likely N-dealkylation sites (N-methyl/N-ethyl adjacent to an activating group) is 1. The quantitative estimate of drug-likeness (QED) is 0.544. The lowest BCUT2D eigenvalue weighted by molar-refractivity contribution is -0.190. The van der Waals surface area contributed by atoms with Crippen LogP contribution in [0.3, 0.4) is 0 Å². The Labute approximate surface area is 201 Å². The molecule has 0 spiro atoms. The lowest BCUT2D eigenvalue weighted by atomic mass is 9.92. The summed E-state index contributed by atoms with van der Waals surface area (Å²) < 4.78 is 10.3. The van der Waals surface area contributed by atoms with Crippen LogP contribution < -0.4 is 10.1 Å². The molecule has 0 aromatic heterocycles. The predicted octanol–water partition coefficient (Wildman–Crippen LogP) is 1.52. The van der Waals surface area contributed by atoms with Gasteiger partial charge < -0.3 is 24.6 Å². The molecule has 0 saturated carbocycles. The Bertz CT molecular complexity index is 864. The summed E-state index contributed by atoms with van der Waals surface area (Å²) in [6.07, 6.45) is 0.870. The second kappa shape index (κ2) is 11.5. The normalized spacial score (nSPS) is 22.0. The Morgan fingerprint density at radius 3 is 2.53 bits per heavy atom. The number of hydrazine groups is 1. The van der Waals surface area contributed by atoms with Gasteiger partial charge >= 0.3 is 6.03 Å². The van der Waals surface area contributed by atoms with Crippen LogP contribution in [0.5, 0.6) is 5.75 Å². The van der Waals surface area contributed by atoms with Crippen LogP contribution in [0.2, 0.25) is 0 Å². The highest BCUT2D eigenvalue weighted by molar-refractivity contribution is 5.91. The van der Waals surface area contributed by atoms with Crippen LogP contribution in [-0.4, -0.2) is 97.4 Å². The summed E-state index contributed by atoms with van der Waals surface area (Å²) in [6.45, 7) is 5.69. The van der Waals surface area contributed by atoms with E-state index in [0.29, 0.717) is 26.1 Å². The van der Waals surface area contributed by atoms with Crippen molar-refractivity contribution in [1.29, 1.82) is 0 Å². The molecule has 1 N–H and O–H groups in total. The zero-order chi connectivity index (χ0) is 24.8. The van der Waals surface area contributed by atoms with Gasteiger partial charge in [0.15, 0.2) is 0 Å². The van der Waals surface area contributed by atoms with Crippen molar-refractivity contribution >= 4 is 17.8 Å². The Balaban J connectivity index is 1.82. The number of rotatable bonds is 9. The molecule has 34 heavy (non-hydrogen) atoms. The maximum atomic E-state index is 13.4. The van der Waals surface area contributed by atoms with E-state index in [1.54, 1.807) is 41.1 Å². The van der Waals surface area contributed by atoms with Crippen molar-refractivity contribution in [3.8, 4) is 5.75 Å². The van der Waals surface area contributed by atoms with Crippen LogP contribution in [0.1, 0.15) is 32.3 Å². The van der Waals surface area contributed by atoms with Gasteiger partial charge in [-0.05, 0) is 30.0 Å². The van der Waals surface area contributed by atoms with Gasteiger partial charge in [-0.25, -0.2) is 14.8 Å². The maximum Gasteiger partial charge on any atom is 0.334 e. The van der Waals surface area contributed by atoms with Gasteiger partial charge in [0.1, 0.15) is 18.0 Å². The van der Waals surface area contributed by atoms with E-state index in [9.17, 15) is 14.4 Å². The van der Waals surface area contributed by atoms with Crippen molar-refractivity contribution in [3.05, 3.63) is 29.8 Å². The topological polar surface area (TPSA) is 94.7 Å². The minimum Gasteiger partial charge on any atom is -0.497 e. The fourth-order valence-corrected chi connectivity index (χ4v) is 4.60. The van der Waals surface area contributed by atoms with Gasteiger partial charge in [0.25, 0.3) is 0 Å². The fraction of sp³-hybridized carbons (Fsp3) is 0.625. The molecule has 3 unspecified atom stereocenters. The number of carbonyl (C=O) groups is 3. The smallest absolute Gasteiger partial charge is 0.334 e. The number of urea groups is 1. The SMILES string of the molecule is CCC(C)C1C(=O)N(CCCOC)CC2N1C(=O)CN(C)N2C(=O)NCc1ccc(OC)cc1. The highest BCUT2D eigenvalue weighted by Gasteiger charge is 2.51. The Hall–Kier alpha value is -2.85. The molecule has 2 aliphatic rings. The number of methoxy groups -OCH3 is 2. The van der Waals surface area contributed by atoms with Gasteiger partial charge in [-0.15, -0.1) is 0 Å². The third-order valence-corrected chi connectivity index (χ3v) is 6.64. The number of hydrogen-bond donors (Lipinski definition) is 1. The summed E-state index contributed by atoms with van der Waals surface area (Å²) in [5.74, 6) is 0.522. The molecule has 188 valence electrons. The summed E-state index contributed by atoms with van der Waals surface area (Å²) in [5, 5.41) is 6.19. The van der Waals surface area contributed by atoms with E-state index in [2.05, 4.69) is 5.32 Å². The largest absolute Gasteiger partial charge is 0.497 e. The first-order valence-electron chi connectivity index (χ1n) is 11.8. The molecular weight excluding hydrogens is 438 g/mol. The van der Waals surface area contributed by atoms with Gasteiger partial charge in [-0.1, -0.05) is 32.4 Å². The number of hydrogen-bond acceptors (Lipinski definition) is 6. The Kier molecular flexibility index (Phi) is 8.73. The van der Waals surface area contributed by atoms with E-state index in [4.69, 9.17) is 9.47 Å². The van der Waals surface area contributed by atoms with Crippen LogP contribution in [-0.2, 0) is 20.9 Å². The molecule has 1 aromatic carbocycles. The zero-order valence-electron chi connectivity index (χ0n) is 20.8. The monoisotopic (exact) mass is 475 g/mol. The first kappa shape index (κ1) is 25.8. The van der Waals surface area contributed by atoms with E-state index in [-0.39, 0.29) is 36.9 Å². The van der Waals surface area contributed by atoms with Crippen molar-refractivity contribution in [1.82, 2.24) is 25.1 Å². The summed E-state index contributed by atoms with van der Waals surface area (Å²) >= 11 is 0. The Morgan fingerprint density at radius 1 is 1.21 bits per heavy atom. The average Bonchev–Trinajstić information content (AvgIpc) is 2.83. The molecular formula is C24H37N5O5. The second-order valence-corrected chi connectivity index (χ2v) is 8.91. The first-order valence-corrected chi connectivity index (χ1v) is 11.8. The minimum absolute atomic E-state index is 0.0307. The van der Waals surface area contributed by atoms with Crippen molar-refractivity contribution in [2.24, 2.45) is 5.92 Å². The molecule has 1 aromatic rings. The first-order chi connectivity index (χ1) is 16.3. The lowest BCUT2D eigenvalue weighted by Gasteiger charge is -2.55. The van der Waals surface area contributed by atoms with Crippen LogP contribution in [0.15, 0.2) is 24.3 Å². The number of ether oxygens (including phenoxy) is 2. The number of nitrogens with zero attached hydrogens (tertiary/aromatic N) is 4. The van der Waals surface area contributed by atoms with E-state index in [0.717, 1.165) is 17.7 Å². The number of amides is 4. The molecule has 2 saturated heterocycles. The molecule has 10 nitrogen and oxygen atoms in total. The highest BCUT2D eigenvalue weighted by Crippen LogP contribution is 2.30. The Morgan fingerprint density at radius 2 is 1.91 bits per heavy atom. The van der Waals surface area contributed by atoms with Crippen LogP contribution in [0, 0.1) is 5.92 Å². The molecule has 10 heteroatoms. The van der Waals surface area contributed by atoms with Crippen molar-refractivity contribution in [3.63, 3.8) is 0 Å². The zero-order valence-corrected chi connectivity index (χ0v) is 20.8. The molecule has 2 fully saturated rings. The molecule has 2 aliphatic heterocycles. The van der Waals surface area contributed by atoms with E-state index in [1.807, 2.05) is 38.1 Å². The van der Waals surface area contributed by atoms with Gasteiger partial charge in [-0.2, -0.15) is 0 Å². The third-order valence-electron chi connectivity index (χ3n) is 6.64. The molecule has 4 amide bonds. The fourth-order valence-electron chi connectivity index (χ4n) is 4.60.